The molecule has 0 amide bonds. The lowest BCUT2D eigenvalue weighted by Gasteiger charge is -2.18. The van der Waals surface area contributed by atoms with Crippen LogP contribution in [-0.4, -0.2) is 37.7 Å². The summed E-state index contributed by atoms with van der Waals surface area (Å²) in [6.45, 7) is 9.45. The summed E-state index contributed by atoms with van der Waals surface area (Å²) in [5.74, 6) is 0.710. The van der Waals surface area contributed by atoms with Gasteiger partial charge in [0.1, 0.15) is 0 Å². The van der Waals surface area contributed by atoms with E-state index in [4.69, 9.17) is 4.74 Å². The normalized spacial score (nSPS) is 19.7. The van der Waals surface area contributed by atoms with Crippen LogP contribution >= 0.6 is 11.3 Å². The van der Waals surface area contributed by atoms with Gasteiger partial charge in [0, 0.05) is 28.9 Å². The highest BCUT2D eigenvalue weighted by Crippen LogP contribution is 2.19. The SMILES string of the molecule is CC(C)CNCc1ccc(COCCC2CCCN2C)s1. The summed E-state index contributed by atoms with van der Waals surface area (Å²) >= 11 is 1.87. The lowest BCUT2D eigenvalue weighted by atomic mass is 10.1. The van der Waals surface area contributed by atoms with E-state index < -0.39 is 0 Å². The molecular formula is C17H30N2OS. The van der Waals surface area contributed by atoms with Crippen LogP contribution < -0.4 is 5.32 Å². The minimum absolute atomic E-state index is 0.710. The molecule has 1 saturated heterocycles. The van der Waals surface area contributed by atoms with Crippen molar-refractivity contribution in [3.05, 3.63) is 21.9 Å². The summed E-state index contributed by atoms with van der Waals surface area (Å²) in [6.07, 6.45) is 3.86. The number of thiophene rings is 1. The highest BCUT2D eigenvalue weighted by atomic mass is 32.1. The molecule has 1 fully saturated rings. The van der Waals surface area contributed by atoms with Gasteiger partial charge in [0.2, 0.25) is 0 Å². The predicted octanol–water partition coefficient (Wildman–Crippen LogP) is 3.49. The molecule has 0 saturated carbocycles. The molecule has 0 aromatic carbocycles. The van der Waals surface area contributed by atoms with Crippen LogP contribution in [0.3, 0.4) is 0 Å². The monoisotopic (exact) mass is 310 g/mol. The first-order chi connectivity index (χ1) is 10.1. The Kier molecular flexibility index (Phi) is 7.17. The zero-order chi connectivity index (χ0) is 15.1. The van der Waals surface area contributed by atoms with Crippen LogP contribution in [0, 0.1) is 5.92 Å². The summed E-state index contributed by atoms with van der Waals surface area (Å²) in [7, 11) is 2.23. The largest absolute Gasteiger partial charge is 0.376 e. The average Bonchev–Trinajstić information content (AvgIpc) is 3.04. The van der Waals surface area contributed by atoms with Gasteiger partial charge in [0.05, 0.1) is 6.61 Å². The second-order valence-corrected chi connectivity index (χ2v) is 7.76. The van der Waals surface area contributed by atoms with Crippen LogP contribution in [0.5, 0.6) is 0 Å². The van der Waals surface area contributed by atoms with Crippen LogP contribution in [0.4, 0.5) is 0 Å². The second-order valence-electron chi connectivity index (χ2n) is 6.51. The van der Waals surface area contributed by atoms with Crippen molar-refractivity contribution in [3.63, 3.8) is 0 Å². The molecule has 1 N–H and O–H groups in total. The lowest BCUT2D eigenvalue weighted by Crippen LogP contribution is -2.25. The molecule has 1 aromatic heterocycles. The van der Waals surface area contributed by atoms with Gasteiger partial charge < -0.3 is 15.0 Å². The van der Waals surface area contributed by atoms with Crippen molar-refractivity contribution in [1.82, 2.24) is 10.2 Å². The number of ether oxygens (including phenoxy) is 1. The van der Waals surface area contributed by atoms with Gasteiger partial charge in [-0.25, -0.2) is 0 Å². The van der Waals surface area contributed by atoms with E-state index in [1.807, 2.05) is 11.3 Å². The van der Waals surface area contributed by atoms with Crippen molar-refractivity contribution in [1.29, 1.82) is 0 Å². The van der Waals surface area contributed by atoms with Gasteiger partial charge >= 0.3 is 0 Å². The van der Waals surface area contributed by atoms with Crippen molar-refractivity contribution >= 4 is 11.3 Å². The summed E-state index contributed by atoms with van der Waals surface area (Å²) in [4.78, 5) is 5.22. The maximum absolute atomic E-state index is 5.85. The Morgan fingerprint density at radius 1 is 1.38 bits per heavy atom. The minimum Gasteiger partial charge on any atom is -0.376 e. The molecule has 0 aliphatic carbocycles. The first-order valence-corrected chi connectivity index (χ1v) is 9.03. The fraction of sp³-hybridized carbons (Fsp3) is 0.765. The fourth-order valence-corrected chi connectivity index (χ4v) is 3.74. The van der Waals surface area contributed by atoms with E-state index in [2.05, 4.69) is 43.2 Å². The van der Waals surface area contributed by atoms with E-state index in [1.54, 1.807) is 0 Å². The maximum atomic E-state index is 5.85. The lowest BCUT2D eigenvalue weighted by molar-refractivity contribution is 0.103. The third kappa shape index (κ3) is 6.07. The summed E-state index contributed by atoms with van der Waals surface area (Å²) in [5, 5.41) is 3.49. The Bertz CT molecular complexity index is 405. The smallest absolute Gasteiger partial charge is 0.0809 e. The Morgan fingerprint density at radius 3 is 2.90 bits per heavy atom. The van der Waals surface area contributed by atoms with E-state index >= 15 is 0 Å². The van der Waals surface area contributed by atoms with Gasteiger partial charge in [0.15, 0.2) is 0 Å². The molecule has 2 heterocycles. The molecule has 1 unspecified atom stereocenters. The van der Waals surface area contributed by atoms with Crippen molar-refractivity contribution < 1.29 is 4.74 Å². The van der Waals surface area contributed by atoms with Crippen LogP contribution in [0.25, 0.3) is 0 Å². The van der Waals surface area contributed by atoms with E-state index in [-0.39, 0.29) is 0 Å². The number of nitrogens with one attached hydrogen (secondary N) is 1. The first-order valence-electron chi connectivity index (χ1n) is 8.21. The van der Waals surface area contributed by atoms with Crippen LogP contribution in [-0.2, 0) is 17.9 Å². The van der Waals surface area contributed by atoms with Gasteiger partial charge in [-0.15, -0.1) is 11.3 Å². The highest BCUT2D eigenvalue weighted by Gasteiger charge is 2.19. The maximum Gasteiger partial charge on any atom is 0.0809 e. The zero-order valence-electron chi connectivity index (χ0n) is 13.7. The fourth-order valence-electron chi connectivity index (χ4n) is 2.82. The first kappa shape index (κ1) is 16.9. The molecule has 0 bridgehead atoms. The van der Waals surface area contributed by atoms with E-state index in [1.165, 1.54) is 35.6 Å². The average molecular weight is 311 g/mol. The van der Waals surface area contributed by atoms with Crippen LogP contribution in [0.15, 0.2) is 12.1 Å². The Hall–Kier alpha value is -0.420. The quantitative estimate of drug-likeness (QED) is 0.707. The van der Waals surface area contributed by atoms with Crippen molar-refractivity contribution in [2.24, 2.45) is 5.92 Å². The number of hydrogen-bond donors (Lipinski definition) is 1. The molecule has 2 rings (SSSR count). The Balaban J connectivity index is 1.59. The van der Waals surface area contributed by atoms with E-state index in [9.17, 15) is 0 Å². The molecule has 0 spiro atoms. The highest BCUT2D eigenvalue weighted by molar-refractivity contribution is 7.11. The molecule has 1 aromatic rings. The van der Waals surface area contributed by atoms with Crippen LogP contribution in [0.2, 0.25) is 0 Å². The molecule has 4 heteroatoms. The van der Waals surface area contributed by atoms with Gasteiger partial charge in [-0.05, 0) is 57.5 Å². The topological polar surface area (TPSA) is 24.5 Å². The standard InChI is InChI=1S/C17H30N2OS/c1-14(2)11-18-12-16-6-7-17(21-16)13-20-10-8-15-5-4-9-19(15)3/h6-7,14-15,18H,4-5,8-13H2,1-3H3. The van der Waals surface area contributed by atoms with Crippen LogP contribution in [0.1, 0.15) is 42.9 Å². The van der Waals surface area contributed by atoms with Gasteiger partial charge in [-0.3, -0.25) is 0 Å². The molecule has 1 aliphatic heterocycles. The van der Waals surface area contributed by atoms with Gasteiger partial charge in [-0.1, -0.05) is 13.8 Å². The molecule has 21 heavy (non-hydrogen) atoms. The molecule has 120 valence electrons. The number of rotatable bonds is 9. The Morgan fingerprint density at radius 2 is 2.19 bits per heavy atom. The molecular weight excluding hydrogens is 280 g/mol. The van der Waals surface area contributed by atoms with Gasteiger partial charge in [0.25, 0.3) is 0 Å². The number of hydrogen-bond acceptors (Lipinski definition) is 4. The van der Waals surface area contributed by atoms with Gasteiger partial charge in [-0.2, -0.15) is 0 Å². The van der Waals surface area contributed by atoms with Crippen molar-refractivity contribution in [3.8, 4) is 0 Å². The Labute approximate surface area is 133 Å². The van der Waals surface area contributed by atoms with Crippen molar-refractivity contribution in [2.45, 2.75) is 52.3 Å². The summed E-state index contributed by atoms with van der Waals surface area (Å²) in [6, 6.07) is 5.17. The number of likely N-dealkylation sites (tertiary alicyclic amines) is 1. The second kappa shape index (κ2) is 8.89. The van der Waals surface area contributed by atoms with E-state index in [0.29, 0.717) is 5.92 Å². The number of nitrogens with zero attached hydrogens (tertiary/aromatic N) is 1. The minimum atomic E-state index is 0.710. The predicted molar refractivity (Wildman–Crippen MR) is 90.8 cm³/mol. The van der Waals surface area contributed by atoms with Crippen molar-refractivity contribution in [2.75, 3.05) is 26.7 Å². The molecule has 1 atom stereocenters. The molecule has 1 aliphatic rings. The summed E-state index contributed by atoms with van der Waals surface area (Å²) in [5.41, 5.74) is 0. The molecule has 0 radical (unpaired) electrons. The third-order valence-corrected chi connectivity index (χ3v) is 5.14. The molecule has 3 nitrogen and oxygen atoms in total. The zero-order valence-corrected chi connectivity index (χ0v) is 14.5. The summed E-state index contributed by atoms with van der Waals surface area (Å²) < 4.78 is 5.85. The third-order valence-electron chi connectivity index (χ3n) is 4.08. The van der Waals surface area contributed by atoms with E-state index in [0.717, 1.165) is 32.3 Å².